The molecule has 0 radical (unpaired) electrons. The number of aliphatic hydroxyl groups excluding tert-OH is 1. The smallest absolute Gasteiger partial charge is 0.271 e. The molecule has 24 heavy (non-hydrogen) atoms. The summed E-state index contributed by atoms with van der Waals surface area (Å²) in [6.07, 6.45) is 0. The van der Waals surface area contributed by atoms with Crippen LogP contribution in [0.25, 0.3) is 31.7 Å². The van der Waals surface area contributed by atoms with Crippen LogP contribution in [-0.2, 0) is 6.54 Å². The van der Waals surface area contributed by atoms with Gasteiger partial charge in [0.15, 0.2) is 0 Å². The lowest BCUT2D eigenvalue weighted by molar-refractivity contribution is 0.272. The number of aromatic nitrogens is 3. The molecule has 0 fully saturated rings. The van der Waals surface area contributed by atoms with Crippen LogP contribution in [0.2, 0.25) is 0 Å². The predicted octanol–water partition coefficient (Wildman–Crippen LogP) is 2.97. The van der Waals surface area contributed by atoms with Crippen molar-refractivity contribution in [3.63, 3.8) is 0 Å². The molecule has 3 aromatic heterocycles. The molecule has 4 aromatic rings. The van der Waals surface area contributed by atoms with E-state index >= 15 is 0 Å². The lowest BCUT2D eigenvalue weighted by atomic mass is 10.1. The molecule has 6 heteroatoms. The van der Waals surface area contributed by atoms with E-state index < -0.39 is 0 Å². The fourth-order valence-electron chi connectivity index (χ4n) is 2.85. The number of hydrogen-bond acceptors (Lipinski definition) is 5. The van der Waals surface area contributed by atoms with Gasteiger partial charge in [-0.25, -0.2) is 9.97 Å². The van der Waals surface area contributed by atoms with Crippen molar-refractivity contribution < 1.29 is 5.11 Å². The van der Waals surface area contributed by atoms with Gasteiger partial charge in [0.05, 0.1) is 24.4 Å². The Kier molecular flexibility index (Phi) is 3.63. The van der Waals surface area contributed by atoms with Gasteiger partial charge in [0.2, 0.25) is 0 Å². The van der Waals surface area contributed by atoms with Crippen molar-refractivity contribution in [2.24, 2.45) is 0 Å². The summed E-state index contributed by atoms with van der Waals surface area (Å²) in [5, 5.41) is 10.0. The number of fused-ring (bicyclic) bond motifs is 3. The van der Waals surface area contributed by atoms with E-state index in [4.69, 9.17) is 10.1 Å². The zero-order chi connectivity index (χ0) is 16.7. The van der Waals surface area contributed by atoms with Crippen molar-refractivity contribution in [1.82, 2.24) is 14.5 Å². The number of nitrogens with zero attached hydrogens (tertiary/aromatic N) is 3. The van der Waals surface area contributed by atoms with E-state index in [1.807, 2.05) is 42.5 Å². The van der Waals surface area contributed by atoms with Crippen molar-refractivity contribution >= 4 is 31.8 Å². The van der Waals surface area contributed by atoms with Crippen LogP contribution in [0.1, 0.15) is 5.82 Å². The highest BCUT2D eigenvalue weighted by molar-refractivity contribution is 7.25. The van der Waals surface area contributed by atoms with E-state index in [2.05, 4.69) is 4.98 Å². The third-order valence-electron chi connectivity index (χ3n) is 4.03. The summed E-state index contributed by atoms with van der Waals surface area (Å²) >= 11 is 1.36. The van der Waals surface area contributed by atoms with Crippen molar-refractivity contribution in [2.75, 3.05) is 6.61 Å². The number of aryl methyl sites for hydroxylation is 1. The van der Waals surface area contributed by atoms with Crippen molar-refractivity contribution in [2.45, 2.75) is 13.5 Å². The van der Waals surface area contributed by atoms with E-state index in [1.54, 1.807) is 6.92 Å². The molecule has 0 bridgehead atoms. The van der Waals surface area contributed by atoms with E-state index in [9.17, 15) is 4.79 Å². The highest BCUT2D eigenvalue weighted by atomic mass is 32.1. The monoisotopic (exact) mass is 337 g/mol. The zero-order valence-electron chi connectivity index (χ0n) is 13.1. The SMILES string of the molecule is Cc1nc2c(sc3nc(-c4ccccc4)ccc32)c(=O)n1CCO. The molecule has 4 rings (SSSR count). The first-order valence-corrected chi connectivity index (χ1v) is 8.47. The van der Waals surface area contributed by atoms with Crippen LogP contribution in [-0.4, -0.2) is 26.2 Å². The topological polar surface area (TPSA) is 68.0 Å². The molecule has 1 N–H and O–H groups in total. The number of hydrogen-bond donors (Lipinski definition) is 1. The van der Waals surface area contributed by atoms with Crippen molar-refractivity contribution in [1.29, 1.82) is 0 Å². The van der Waals surface area contributed by atoms with E-state index in [0.717, 1.165) is 21.5 Å². The van der Waals surface area contributed by atoms with Gasteiger partial charge in [0, 0.05) is 10.9 Å². The minimum Gasteiger partial charge on any atom is -0.395 e. The molecule has 0 amide bonds. The summed E-state index contributed by atoms with van der Waals surface area (Å²) in [5.74, 6) is 0.605. The highest BCUT2D eigenvalue weighted by Gasteiger charge is 2.15. The average molecular weight is 337 g/mol. The zero-order valence-corrected chi connectivity index (χ0v) is 13.9. The first-order chi connectivity index (χ1) is 11.7. The maximum atomic E-state index is 12.7. The molecule has 0 saturated carbocycles. The number of aliphatic hydroxyl groups is 1. The number of rotatable bonds is 3. The Morgan fingerprint density at radius 1 is 1.12 bits per heavy atom. The maximum absolute atomic E-state index is 12.7. The molecule has 120 valence electrons. The van der Waals surface area contributed by atoms with Crippen LogP contribution < -0.4 is 5.56 Å². The molecule has 1 aromatic carbocycles. The summed E-state index contributed by atoms with van der Waals surface area (Å²) in [5.41, 5.74) is 2.50. The van der Waals surface area contributed by atoms with Crippen LogP contribution in [0.5, 0.6) is 0 Å². The van der Waals surface area contributed by atoms with Gasteiger partial charge in [-0.05, 0) is 19.1 Å². The predicted molar refractivity (Wildman–Crippen MR) is 96.4 cm³/mol. The molecular weight excluding hydrogens is 322 g/mol. The minimum absolute atomic E-state index is 0.0881. The Morgan fingerprint density at radius 2 is 1.92 bits per heavy atom. The fraction of sp³-hybridized carbons (Fsp3) is 0.167. The highest BCUT2D eigenvalue weighted by Crippen LogP contribution is 2.31. The second-order valence-corrected chi connectivity index (χ2v) is 6.53. The van der Waals surface area contributed by atoms with Gasteiger partial charge in [-0.1, -0.05) is 30.3 Å². The second kappa shape index (κ2) is 5.81. The van der Waals surface area contributed by atoms with Crippen molar-refractivity contribution in [3.8, 4) is 11.3 Å². The van der Waals surface area contributed by atoms with E-state index in [-0.39, 0.29) is 18.7 Å². The largest absolute Gasteiger partial charge is 0.395 e. The van der Waals surface area contributed by atoms with Gasteiger partial charge >= 0.3 is 0 Å². The molecule has 0 aliphatic carbocycles. The number of benzene rings is 1. The quantitative estimate of drug-likeness (QED) is 0.624. The lowest BCUT2D eigenvalue weighted by Crippen LogP contribution is -2.24. The molecule has 5 nitrogen and oxygen atoms in total. The van der Waals surface area contributed by atoms with E-state index in [0.29, 0.717) is 16.0 Å². The third kappa shape index (κ3) is 2.31. The van der Waals surface area contributed by atoms with Gasteiger partial charge in [-0.15, -0.1) is 11.3 Å². The van der Waals surface area contributed by atoms with Gasteiger partial charge in [-0.3, -0.25) is 9.36 Å². The van der Waals surface area contributed by atoms with Crippen LogP contribution in [0.3, 0.4) is 0 Å². The minimum atomic E-state index is -0.115. The summed E-state index contributed by atoms with van der Waals surface area (Å²) < 4.78 is 2.09. The van der Waals surface area contributed by atoms with Gasteiger partial charge in [0.25, 0.3) is 5.56 Å². The third-order valence-corrected chi connectivity index (χ3v) is 5.10. The maximum Gasteiger partial charge on any atom is 0.271 e. The Morgan fingerprint density at radius 3 is 2.67 bits per heavy atom. The summed E-state index contributed by atoms with van der Waals surface area (Å²) in [4.78, 5) is 22.7. The van der Waals surface area contributed by atoms with Crippen LogP contribution >= 0.6 is 11.3 Å². The molecule has 0 unspecified atom stereocenters. The van der Waals surface area contributed by atoms with Gasteiger partial charge < -0.3 is 5.11 Å². The first-order valence-electron chi connectivity index (χ1n) is 7.66. The summed E-state index contributed by atoms with van der Waals surface area (Å²) in [6.45, 7) is 1.95. The van der Waals surface area contributed by atoms with Crippen LogP contribution in [0.4, 0.5) is 0 Å². The lowest BCUT2D eigenvalue weighted by Gasteiger charge is -2.06. The number of pyridine rings is 1. The Hall–Kier alpha value is -2.57. The molecule has 0 spiro atoms. The standard InChI is InChI=1S/C18H15N3O2S/c1-11-19-15-13-7-8-14(12-5-3-2-4-6-12)20-17(13)24-16(15)18(23)21(11)9-10-22/h2-8,22H,9-10H2,1H3. The van der Waals surface area contributed by atoms with Crippen LogP contribution in [0.15, 0.2) is 47.3 Å². The number of thiophene rings is 1. The summed E-state index contributed by atoms with van der Waals surface area (Å²) in [6, 6.07) is 13.9. The van der Waals surface area contributed by atoms with Crippen LogP contribution in [0, 0.1) is 6.92 Å². The molecule has 0 aliphatic heterocycles. The van der Waals surface area contributed by atoms with Crippen molar-refractivity contribution in [3.05, 3.63) is 58.6 Å². The first kappa shape index (κ1) is 15.0. The molecule has 0 atom stereocenters. The molecular formula is C18H15N3O2S. The Balaban J connectivity index is 1.98. The molecule has 0 aliphatic rings. The molecule has 3 heterocycles. The average Bonchev–Trinajstić information content (AvgIpc) is 2.97. The molecule has 0 saturated heterocycles. The van der Waals surface area contributed by atoms with E-state index in [1.165, 1.54) is 15.9 Å². The normalized spacial score (nSPS) is 11.4. The Bertz CT molecular complexity index is 1100. The fourth-order valence-corrected chi connectivity index (χ4v) is 3.91. The summed E-state index contributed by atoms with van der Waals surface area (Å²) in [7, 11) is 0. The van der Waals surface area contributed by atoms with Gasteiger partial charge in [0.1, 0.15) is 15.4 Å². The second-order valence-electron chi connectivity index (χ2n) is 5.53. The Labute approximate surface area is 141 Å². The van der Waals surface area contributed by atoms with Gasteiger partial charge in [-0.2, -0.15) is 0 Å².